The number of nitrogens with zero attached hydrogens (tertiary/aromatic N) is 1. The number of amides is 3. The van der Waals surface area contributed by atoms with Crippen LogP contribution in [-0.2, 0) is 4.79 Å². The van der Waals surface area contributed by atoms with Crippen LogP contribution in [0, 0.1) is 5.92 Å². The van der Waals surface area contributed by atoms with Gasteiger partial charge in [0.2, 0.25) is 0 Å². The predicted molar refractivity (Wildman–Crippen MR) is 94.6 cm³/mol. The van der Waals surface area contributed by atoms with E-state index in [1.807, 2.05) is 4.90 Å². The number of urea groups is 1. The molecule has 0 aliphatic carbocycles. The third kappa shape index (κ3) is 5.77. The van der Waals surface area contributed by atoms with Gasteiger partial charge < -0.3 is 20.6 Å². The average Bonchev–Trinajstić information content (AvgIpc) is 2.59. The molecule has 136 valence electrons. The number of anilines is 1. The number of carbonyl (C=O) groups is 3. The van der Waals surface area contributed by atoms with Gasteiger partial charge in [0.15, 0.2) is 0 Å². The van der Waals surface area contributed by atoms with Crippen molar-refractivity contribution in [3.8, 4) is 0 Å². The van der Waals surface area contributed by atoms with Gasteiger partial charge in [0.1, 0.15) is 0 Å². The maximum absolute atomic E-state index is 12.7. The Bertz CT molecular complexity index is 625. The normalized spacial score (nSPS) is 14.8. The molecule has 3 N–H and O–H groups in total. The molecule has 7 nitrogen and oxygen atoms in total. The maximum atomic E-state index is 12.7. The van der Waals surface area contributed by atoms with Gasteiger partial charge in [-0.25, -0.2) is 4.79 Å². The van der Waals surface area contributed by atoms with Crippen molar-refractivity contribution in [2.75, 3.05) is 25.0 Å². The number of nitrogens with one attached hydrogen (secondary N) is 2. The lowest BCUT2D eigenvalue weighted by Gasteiger charge is -2.30. The van der Waals surface area contributed by atoms with Crippen LogP contribution in [0.5, 0.6) is 0 Å². The third-order valence-corrected chi connectivity index (χ3v) is 4.33. The van der Waals surface area contributed by atoms with Gasteiger partial charge in [-0.2, -0.15) is 0 Å². The van der Waals surface area contributed by atoms with Crippen LogP contribution in [0.4, 0.5) is 10.5 Å². The highest BCUT2D eigenvalue weighted by Crippen LogP contribution is 2.22. The fraction of sp³-hybridized carbons (Fsp3) is 0.500. The zero-order valence-corrected chi connectivity index (χ0v) is 14.5. The van der Waals surface area contributed by atoms with Gasteiger partial charge in [-0.05, 0) is 37.3 Å². The molecule has 2 rings (SSSR count). The van der Waals surface area contributed by atoms with Crippen LogP contribution in [-0.4, -0.2) is 47.5 Å². The van der Waals surface area contributed by atoms with Crippen molar-refractivity contribution >= 4 is 23.6 Å². The molecule has 0 aromatic heterocycles. The molecule has 1 aromatic carbocycles. The van der Waals surface area contributed by atoms with Gasteiger partial charge in [0.05, 0.1) is 11.3 Å². The minimum absolute atomic E-state index is 0.00271. The molecule has 1 aliphatic rings. The van der Waals surface area contributed by atoms with Crippen molar-refractivity contribution in [3.63, 3.8) is 0 Å². The Kier molecular flexibility index (Phi) is 6.80. The number of benzene rings is 1. The maximum Gasteiger partial charge on any atom is 0.319 e. The number of rotatable bonds is 6. The van der Waals surface area contributed by atoms with Crippen LogP contribution in [0.3, 0.4) is 0 Å². The van der Waals surface area contributed by atoms with E-state index in [1.54, 1.807) is 24.3 Å². The summed E-state index contributed by atoms with van der Waals surface area (Å²) in [5, 5.41) is 13.9. The van der Waals surface area contributed by atoms with Crippen molar-refractivity contribution in [2.24, 2.45) is 5.92 Å². The minimum Gasteiger partial charge on any atom is -0.481 e. The molecule has 3 amide bonds. The Labute approximate surface area is 147 Å². The topological polar surface area (TPSA) is 98.7 Å². The second-order valence-corrected chi connectivity index (χ2v) is 6.40. The van der Waals surface area contributed by atoms with Crippen LogP contribution >= 0.6 is 0 Å². The number of hydrogen-bond donors (Lipinski definition) is 3. The lowest BCUT2D eigenvalue weighted by Crippen LogP contribution is -2.38. The minimum atomic E-state index is -0.894. The number of carbonyl (C=O) groups excluding carboxylic acids is 2. The summed E-state index contributed by atoms with van der Waals surface area (Å²) in [4.78, 5) is 37.0. The van der Waals surface area contributed by atoms with Gasteiger partial charge in [-0.15, -0.1) is 0 Å². The monoisotopic (exact) mass is 347 g/mol. The summed E-state index contributed by atoms with van der Waals surface area (Å²) < 4.78 is 0. The number of carboxylic acid groups (broad SMARTS) is 1. The largest absolute Gasteiger partial charge is 0.481 e. The molecule has 1 fully saturated rings. The molecule has 0 spiro atoms. The fourth-order valence-corrected chi connectivity index (χ4v) is 2.77. The molecule has 1 aliphatic heterocycles. The predicted octanol–water partition coefficient (Wildman–Crippen LogP) is 2.55. The first kappa shape index (κ1) is 18.8. The van der Waals surface area contributed by atoms with E-state index < -0.39 is 12.0 Å². The Morgan fingerprint density at radius 3 is 2.56 bits per heavy atom. The summed E-state index contributed by atoms with van der Waals surface area (Å²) in [5.74, 6) is -0.336. The zero-order valence-electron chi connectivity index (χ0n) is 14.5. The van der Waals surface area contributed by atoms with E-state index in [1.165, 1.54) is 0 Å². The van der Waals surface area contributed by atoms with Crippen LogP contribution in [0.25, 0.3) is 0 Å². The Hall–Kier alpha value is -2.57. The number of piperidine rings is 1. The number of hydrogen-bond acceptors (Lipinski definition) is 3. The molecule has 0 unspecified atom stereocenters. The molecule has 1 aromatic rings. The molecule has 1 saturated heterocycles. The van der Waals surface area contributed by atoms with E-state index >= 15 is 0 Å². The molecular weight excluding hydrogens is 322 g/mol. The molecule has 0 atom stereocenters. The second-order valence-electron chi connectivity index (χ2n) is 6.40. The summed E-state index contributed by atoms with van der Waals surface area (Å²) >= 11 is 0. The summed E-state index contributed by atoms with van der Waals surface area (Å²) in [5.41, 5.74) is 0.930. The van der Waals surface area contributed by atoms with E-state index in [-0.39, 0.29) is 18.9 Å². The lowest BCUT2D eigenvalue weighted by atomic mass is 9.98. The van der Waals surface area contributed by atoms with E-state index in [0.717, 1.165) is 25.9 Å². The number of para-hydroxylation sites is 1. The second kappa shape index (κ2) is 9.05. The SMILES string of the molecule is CC1CCN(C(=O)c2ccccc2NC(=O)NCCCC(=O)O)CC1. The van der Waals surface area contributed by atoms with Crippen molar-refractivity contribution < 1.29 is 19.5 Å². The van der Waals surface area contributed by atoms with Crippen molar-refractivity contribution in [2.45, 2.75) is 32.6 Å². The molecule has 1 heterocycles. The summed E-state index contributed by atoms with van der Waals surface area (Å²) in [6.07, 6.45) is 2.34. The van der Waals surface area contributed by atoms with Crippen molar-refractivity contribution in [1.82, 2.24) is 10.2 Å². The highest BCUT2D eigenvalue weighted by atomic mass is 16.4. The van der Waals surface area contributed by atoms with Crippen molar-refractivity contribution in [1.29, 1.82) is 0 Å². The lowest BCUT2D eigenvalue weighted by molar-refractivity contribution is -0.137. The Balaban J connectivity index is 1.94. The van der Waals surface area contributed by atoms with Gasteiger partial charge in [0.25, 0.3) is 5.91 Å². The van der Waals surface area contributed by atoms with Crippen LogP contribution in [0.2, 0.25) is 0 Å². The molecular formula is C18H25N3O4. The summed E-state index contributed by atoms with van der Waals surface area (Å²) in [6, 6.07) is 6.49. The van der Waals surface area contributed by atoms with Crippen LogP contribution < -0.4 is 10.6 Å². The van der Waals surface area contributed by atoms with Crippen LogP contribution in [0.15, 0.2) is 24.3 Å². The van der Waals surface area contributed by atoms with E-state index in [9.17, 15) is 14.4 Å². The first-order valence-electron chi connectivity index (χ1n) is 8.62. The number of carboxylic acids is 1. The van der Waals surface area contributed by atoms with Crippen molar-refractivity contribution in [3.05, 3.63) is 29.8 Å². The average molecular weight is 347 g/mol. The van der Waals surface area contributed by atoms with Gasteiger partial charge in [-0.3, -0.25) is 9.59 Å². The standard InChI is InChI=1S/C18H25N3O4/c1-13-8-11-21(12-9-13)17(24)14-5-2-3-6-15(14)20-18(25)19-10-4-7-16(22)23/h2-3,5-6,13H,4,7-12H2,1H3,(H,22,23)(H2,19,20,25). The third-order valence-electron chi connectivity index (χ3n) is 4.33. The van der Waals surface area contributed by atoms with Gasteiger partial charge >= 0.3 is 12.0 Å². The molecule has 25 heavy (non-hydrogen) atoms. The zero-order chi connectivity index (χ0) is 18.2. The molecule has 0 bridgehead atoms. The first-order chi connectivity index (χ1) is 12.0. The van der Waals surface area contributed by atoms with Gasteiger partial charge in [-0.1, -0.05) is 19.1 Å². The van der Waals surface area contributed by atoms with Crippen LogP contribution in [0.1, 0.15) is 43.0 Å². The Morgan fingerprint density at radius 1 is 1.20 bits per heavy atom. The van der Waals surface area contributed by atoms with E-state index in [4.69, 9.17) is 5.11 Å². The highest BCUT2D eigenvalue weighted by molar-refractivity contribution is 6.03. The quantitative estimate of drug-likeness (QED) is 0.689. The first-order valence-corrected chi connectivity index (χ1v) is 8.62. The highest BCUT2D eigenvalue weighted by Gasteiger charge is 2.23. The van der Waals surface area contributed by atoms with Gasteiger partial charge in [0, 0.05) is 26.1 Å². The number of likely N-dealkylation sites (tertiary alicyclic amines) is 1. The van der Waals surface area contributed by atoms with E-state index in [0.29, 0.717) is 23.6 Å². The molecule has 0 radical (unpaired) electrons. The Morgan fingerprint density at radius 2 is 1.88 bits per heavy atom. The summed E-state index contributed by atoms with van der Waals surface area (Å²) in [6.45, 7) is 3.91. The number of aliphatic carboxylic acids is 1. The fourth-order valence-electron chi connectivity index (χ4n) is 2.77. The van der Waals surface area contributed by atoms with E-state index in [2.05, 4.69) is 17.6 Å². The smallest absolute Gasteiger partial charge is 0.319 e. The molecule has 0 saturated carbocycles. The summed E-state index contributed by atoms with van der Waals surface area (Å²) in [7, 11) is 0. The molecule has 7 heteroatoms.